The van der Waals surface area contributed by atoms with Gasteiger partial charge in [-0.05, 0) is 41.5 Å². The average molecular weight is 340 g/mol. The second kappa shape index (κ2) is 6.68. The molecule has 0 aromatic heterocycles. The fraction of sp³-hybridized carbons (Fsp3) is 0.158. The van der Waals surface area contributed by atoms with E-state index in [1.807, 2.05) is 0 Å². The number of carbonyl (C=O) groups is 2. The van der Waals surface area contributed by atoms with Crippen molar-refractivity contribution in [3.05, 3.63) is 65.2 Å². The highest BCUT2D eigenvalue weighted by atomic mass is 16.5. The van der Waals surface area contributed by atoms with Crippen LogP contribution in [0.25, 0.3) is 6.08 Å². The van der Waals surface area contributed by atoms with E-state index < -0.39 is 24.0 Å². The maximum atomic E-state index is 11.8. The molecule has 0 saturated carbocycles. The van der Waals surface area contributed by atoms with Gasteiger partial charge in [0.15, 0.2) is 0 Å². The zero-order valence-electron chi connectivity index (χ0n) is 13.4. The molecule has 0 spiro atoms. The molecule has 0 radical (unpaired) electrons. The van der Waals surface area contributed by atoms with E-state index in [9.17, 15) is 19.8 Å². The van der Waals surface area contributed by atoms with E-state index in [0.717, 1.165) is 0 Å². The number of hydrogen-bond donors (Lipinski definition) is 2. The van der Waals surface area contributed by atoms with Crippen molar-refractivity contribution in [2.45, 2.75) is 12.0 Å². The zero-order valence-corrected chi connectivity index (χ0v) is 13.4. The van der Waals surface area contributed by atoms with Gasteiger partial charge in [-0.3, -0.25) is 4.79 Å². The summed E-state index contributed by atoms with van der Waals surface area (Å²) in [7, 11) is 1.28. The number of benzene rings is 2. The Labute approximate surface area is 143 Å². The van der Waals surface area contributed by atoms with Crippen molar-refractivity contribution in [3.8, 4) is 11.5 Å². The van der Waals surface area contributed by atoms with Crippen molar-refractivity contribution in [1.29, 1.82) is 0 Å². The lowest BCUT2D eigenvalue weighted by atomic mass is 9.90. The number of hydrogen-bond acceptors (Lipinski definition) is 5. The van der Waals surface area contributed by atoms with Crippen LogP contribution in [0.3, 0.4) is 0 Å². The average Bonchev–Trinajstić information content (AvgIpc) is 2.99. The van der Waals surface area contributed by atoms with E-state index in [-0.39, 0.29) is 5.75 Å². The number of fused-ring (bicyclic) bond motifs is 1. The van der Waals surface area contributed by atoms with Gasteiger partial charge in [0, 0.05) is 11.6 Å². The summed E-state index contributed by atoms with van der Waals surface area (Å²) < 4.78 is 10.4. The first kappa shape index (κ1) is 16.6. The lowest BCUT2D eigenvalue weighted by Gasteiger charge is -2.16. The van der Waals surface area contributed by atoms with Gasteiger partial charge >= 0.3 is 11.9 Å². The fourth-order valence-corrected chi connectivity index (χ4v) is 2.81. The number of aromatic hydroxyl groups is 1. The first-order valence-corrected chi connectivity index (χ1v) is 7.58. The molecular weight excluding hydrogens is 324 g/mol. The Hall–Kier alpha value is -3.28. The Kier molecular flexibility index (Phi) is 4.43. The second-order valence-electron chi connectivity index (χ2n) is 5.60. The molecule has 6 heteroatoms. The van der Waals surface area contributed by atoms with Crippen LogP contribution in [0.2, 0.25) is 0 Å². The van der Waals surface area contributed by atoms with Crippen LogP contribution in [0, 0.1) is 0 Å². The smallest absolute Gasteiger partial charge is 0.330 e. The van der Waals surface area contributed by atoms with Crippen molar-refractivity contribution < 1.29 is 29.3 Å². The fourth-order valence-electron chi connectivity index (χ4n) is 2.81. The van der Waals surface area contributed by atoms with Crippen molar-refractivity contribution in [1.82, 2.24) is 0 Å². The molecule has 2 aromatic rings. The molecule has 0 bridgehead atoms. The van der Waals surface area contributed by atoms with Gasteiger partial charge in [0.1, 0.15) is 23.5 Å². The van der Waals surface area contributed by atoms with Crippen LogP contribution in [0.15, 0.2) is 48.5 Å². The molecule has 1 aliphatic heterocycles. The summed E-state index contributed by atoms with van der Waals surface area (Å²) in [5, 5.41) is 19.1. The minimum Gasteiger partial charge on any atom is -0.508 e. The predicted octanol–water partition coefficient (Wildman–Crippen LogP) is 2.88. The van der Waals surface area contributed by atoms with Gasteiger partial charge in [-0.2, -0.15) is 0 Å². The summed E-state index contributed by atoms with van der Waals surface area (Å²) in [5.41, 5.74) is 1.87. The predicted molar refractivity (Wildman–Crippen MR) is 89.3 cm³/mol. The molecule has 25 heavy (non-hydrogen) atoms. The molecule has 0 fully saturated rings. The van der Waals surface area contributed by atoms with E-state index in [2.05, 4.69) is 4.74 Å². The molecule has 0 aliphatic carbocycles. The molecule has 0 amide bonds. The molecule has 0 unspecified atom stereocenters. The Morgan fingerprint density at radius 1 is 1.16 bits per heavy atom. The molecular formula is C19H16O6. The quantitative estimate of drug-likeness (QED) is 0.657. The third-order valence-electron chi connectivity index (χ3n) is 4.03. The minimum absolute atomic E-state index is 0.0985. The number of carboxylic acid groups (broad SMARTS) is 1. The summed E-state index contributed by atoms with van der Waals surface area (Å²) in [4.78, 5) is 23.0. The third-order valence-corrected chi connectivity index (χ3v) is 4.03. The maximum Gasteiger partial charge on any atom is 0.330 e. The highest BCUT2D eigenvalue weighted by Gasteiger charge is 2.40. The molecule has 3 rings (SSSR count). The Morgan fingerprint density at radius 3 is 2.52 bits per heavy atom. The topological polar surface area (TPSA) is 93.1 Å². The third kappa shape index (κ3) is 3.33. The van der Waals surface area contributed by atoms with Gasteiger partial charge in [-0.25, -0.2) is 4.79 Å². The van der Waals surface area contributed by atoms with Crippen molar-refractivity contribution >= 4 is 18.0 Å². The van der Waals surface area contributed by atoms with Crippen molar-refractivity contribution in [3.63, 3.8) is 0 Å². The second-order valence-corrected chi connectivity index (χ2v) is 5.60. The first-order chi connectivity index (χ1) is 12.0. The number of carboxylic acids is 1. The van der Waals surface area contributed by atoms with Gasteiger partial charge in [0.05, 0.1) is 7.11 Å². The van der Waals surface area contributed by atoms with Gasteiger partial charge in [-0.15, -0.1) is 0 Å². The molecule has 128 valence electrons. The number of esters is 1. The van der Waals surface area contributed by atoms with E-state index in [1.165, 1.54) is 25.3 Å². The van der Waals surface area contributed by atoms with Crippen LogP contribution in [0.1, 0.15) is 28.7 Å². The molecule has 0 saturated heterocycles. The number of phenolic OH excluding ortho intramolecular Hbond substituents is 1. The molecule has 1 heterocycles. The SMILES string of the molecule is COC(=O)/C=C/c1ccc2c(c1)[C@@H](C(=O)O)[C@H](c1ccc(O)cc1)O2. The number of carbonyl (C=O) groups excluding carboxylic acids is 1. The molecule has 6 nitrogen and oxygen atoms in total. The van der Waals surface area contributed by atoms with Crippen LogP contribution in [0.4, 0.5) is 0 Å². The van der Waals surface area contributed by atoms with Crippen LogP contribution in [0.5, 0.6) is 11.5 Å². The summed E-state index contributed by atoms with van der Waals surface area (Å²) in [6, 6.07) is 11.4. The summed E-state index contributed by atoms with van der Waals surface area (Å²) in [6.07, 6.45) is 2.14. The lowest BCUT2D eigenvalue weighted by molar-refractivity contribution is -0.140. The Morgan fingerprint density at radius 2 is 1.88 bits per heavy atom. The van der Waals surface area contributed by atoms with Crippen LogP contribution in [-0.2, 0) is 14.3 Å². The highest BCUT2D eigenvalue weighted by molar-refractivity contribution is 5.87. The number of phenols is 1. The van der Waals surface area contributed by atoms with Crippen LogP contribution >= 0.6 is 0 Å². The van der Waals surface area contributed by atoms with Gasteiger partial charge in [-0.1, -0.05) is 18.2 Å². The van der Waals surface area contributed by atoms with Crippen LogP contribution in [-0.4, -0.2) is 29.3 Å². The van der Waals surface area contributed by atoms with Gasteiger partial charge in [0.2, 0.25) is 0 Å². The Balaban J connectivity index is 1.96. The standard InChI is InChI=1S/C19H16O6/c1-24-16(21)9-3-11-2-8-15-14(10-11)17(19(22)23)18(25-15)12-4-6-13(20)7-5-12/h2-10,17-18,20H,1H3,(H,22,23)/b9-3+/t17-,18+/m1/s1. The first-order valence-electron chi connectivity index (χ1n) is 7.58. The summed E-state index contributed by atoms with van der Waals surface area (Å²) in [6.45, 7) is 0. The molecule has 2 atom stereocenters. The van der Waals surface area contributed by atoms with Crippen molar-refractivity contribution in [2.75, 3.05) is 7.11 Å². The largest absolute Gasteiger partial charge is 0.508 e. The molecule has 2 N–H and O–H groups in total. The Bertz CT molecular complexity index is 837. The van der Waals surface area contributed by atoms with Crippen molar-refractivity contribution in [2.24, 2.45) is 0 Å². The molecule has 1 aliphatic rings. The normalized spacial score (nSPS) is 18.6. The summed E-state index contributed by atoms with van der Waals surface area (Å²) in [5.74, 6) is -1.80. The minimum atomic E-state index is -1.01. The number of ether oxygens (including phenoxy) is 2. The maximum absolute atomic E-state index is 11.8. The van der Waals surface area contributed by atoms with E-state index in [0.29, 0.717) is 22.4 Å². The highest BCUT2D eigenvalue weighted by Crippen LogP contribution is 2.46. The lowest BCUT2D eigenvalue weighted by Crippen LogP contribution is -2.18. The van der Waals surface area contributed by atoms with E-state index >= 15 is 0 Å². The van der Waals surface area contributed by atoms with Gasteiger partial charge in [0.25, 0.3) is 0 Å². The number of aliphatic carboxylic acids is 1. The van der Waals surface area contributed by atoms with E-state index in [4.69, 9.17) is 4.74 Å². The van der Waals surface area contributed by atoms with E-state index in [1.54, 1.807) is 36.4 Å². The zero-order chi connectivity index (χ0) is 18.0. The van der Waals surface area contributed by atoms with Crippen LogP contribution < -0.4 is 4.74 Å². The van der Waals surface area contributed by atoms with Gasteiger partial charge < -0.3 is 19.7 Å². The summed E-state index contributed by atoms with van der Waals surface area (Å²) >= 11 is 0. The molecule has 2 aromatic carbocycles. The number of rotatable bonds is 4. The number of methoxy groups -OCH3 is 1. The monoisotopic (exact) mass is 340 g/mol.